The molecule has 0 spiro atoms. The monoisotopic (exact) mass is 226 g/mol. The van der Waals surface area contributed by atoms with E-state index in [2.05, 4.69) is 18.6 Å². The van der Waals surface area contributed by atoms with E-state index in [0.717, 1.165) is 19.3 Å². The Morgan fingerprint density at radius 3 is 2.19 bits per heavy atom. The number of hydrogen-bond acceptors (Lipinski definition) is 3. The number of ketones is 1. The summed E-state index contributed by atoms with van der Waals surface area (Å²) in [7, 11) is 1.36. The van der Waals surface area contributed by atoms with Crippen molar-refractivity contribution in [2.45, 2.75) is 52.9 Å². The van der Waals surface area contributed by atoms with Gasteiger partial charge in [0, 0.05) is 11.8 Å². The van der Waals surface area contributed by atoms with Crippen LogP contribution in [0.15, 0.2) is 0 Å². The van der Waals surface area contributed by atoms with Crippen LogP contribution in [0.2, 0.25) is 0 Å². The molecule has 0 radical (unpaired) electrons. The first-order valence-electron chi connectivity index (χ1n) is 5.93. The number of hydrogen-bond donors (Lipinski definition) is 0. The van der Waals surface area contributed by atoms with Gasteiger partial charge in [0.1, 0.15) is 5.78 Å². The van der Waals surface area contributed by atoms with Crippen LogP contribution in [-0.2, 0) is 14.3 Å². The Kier molecular flexibility index (Phi) is 3.76. The maximum absolute atomic E-state index is 12.2. The quantitative estimate of drug-likeness (QED) is 0.692. The average molecular weight is 226 g/mol. The molecule has 0 aliphatic heterocycles. The van der Waals surface area contributed by atoms with Gasteiger partial charge in [-0.2, -0.15) is 0 Å². The molecule has 0 saturated heterocycles. The normalized spacial score (nSPS) is 27.8. The molecular formula is C13H22O3. The molecule has 0 aromatic rings. The maximum Gasteiger partial charge on any atom is 0.305 e. The zero-order valence-corrected chi connectivity index (χ0v) is 10.8. The van der Waals surface area contributed by atoms with Crippen LogP contribution in [0.3, 0.4) is 0 Å². The van der Waals surface area contributed by atoms with Gasteiger partial charge in [-0.25, -0.2) is 0 Å². The third kappa shape index (κ3) is 2.28. The van der Waals surface area contributed by atoms with E-state index in [4.69, 9.17) is 0 Å². The van der Waals surface area contributed by atoms with E-state index in [1.165, 1.54) is 7.11 Å². The van der Waals surface area contributed by atoms with E-state index in [-0.39, 0.29) is 29.0 Å². The molecule has 0 aromatic carbocycles. The molecule has 1 aliphatic carbocycles. The summed E-state index contributed by atoms with van der Waals surface area (Å²) in [6.45, 7) is 6.34. The molecule has 1 atom stereocenters. The summed E-state index contributed by atoms with van der Waals surface area (Å²) < 4.78 is 4.56. The lowest BCUT2D eigenvalue weighted by molar-refractivity contribution is -0.143. The van der Waals surface area contributed by atoms with Crippen LogP contribution in [0.5, 0.6) is 0 Å². The fourth-order valence-corrected chi connectivity index (χ4v) is 2.61. The lowest BCUT2D eigenvalue weighted by atomic mass is 9.66. The number of Topliss-reactive ketones (excluding diaryl/α,β-unsaturated/α-hetero) is 1. The second-order valence-electron chi connectivity index (χ2n) is 5.57. The Hall–Kier alpha value is -0.860. The van der Waals surface area contributed by atoms with Gasteiger partial charge in [0.25, 0.3) is 0 Å². The summed E-state index contributed by atoms with van der Waals surface area (Å²) in [4.78, 5) is 23.2. The molecule has 1 saturated carbocycles. The fourth-order valence-electron chi connectivity index (χ4n) is 2.61. The van der Waals surface area contributed by atoms with Crippen molar-refractivity contribution in [3.05, 3.63) is 0 Å². The minimum atomic E-state index is -0.298. The van der Waals surface area contributed by atoms with Crippen LogP contribution in [0.4, 0.5) is 0 Å². The van der Waals surface area contributed by atoms with Crippen LogP contribution in [0.1, 0.15) is 52.9 Å². The molecule has 0 aromatic heterocycles. The van der Waals surface area contributed by atoms with E-state index in [9.17, 15) is 9.59 Å². The first-order chi connectivity index (χ1) is 7.33. The van der Waals surface area contributed by atoms with E-state index in [1.54, 1.807) is 0 Å². The number of esters is 1. The SMILES string of the molecule is COC(=O)CCC(=O)C1(C)CCCC1(C)C. The number of carbonyl (C=O) groups is 2. The minimum absolute atomic E-state index is 0.0558. The molecule has 3 heteroatoms. The molecule has 0 N–H and O–H groups in total. The molecule has 0 bridgehead atoms. The molecule has 16 heavy (non-hydrogen) atoms. The Labute approximate surface area is 97.5 Å². The topological polar surface area (TPSA) is 43.4 Å². The van der Waals surface area contributed by atoms with Crippen molar-refractivity contribution >= 4 is 11.8 Å². The largest absolute Gasteiger partial charge is 0.469 e. The van der Waals surface area contributed by atoms with Crippen molar-refractivity contribution in [2.75, 3.05) is 7.11 Å². The summed E-state index contributed by atoms with van der Waals surface area (Å²) in [6.07, 6.45) is 3.66. The molecule has 1 unspecified atom stereocenters. The van der Waals surface area contributed by atoms with Crippen LogP contribution in [0, 0.1) is 10.8 Å². The zero-order chi connectivity index (χ0) is 12.4. The number of methoxy groups -OCH3 is 1. The van der Waals surface area contributed by atoms with Gasteiger partial charge in [-0.3, -0.25) is 9.59 Å². The predicted octanol–water partition coefficient (Wildman–Crippen LogP) is 2.73. The highest BCUT2D eigenvalue weighted by atomic mass is 16.5. The summed E-state index contributed by atoms with van der Waals surface area (Å²) in [5.74, 6) is -0.0897. The summed E-state index contributed by atoms with van der Waals surface area (Å²) in [6, 6.07) is 0. The minimum Gasteiger partial charge on any atom is -0.469 e. The molecule has 1 fully saturated rings. The Balaban J connectivity index is 2.63. The van der Waals surface area contributed by atoms with Crippen molar-refractivity contribution < 1.29 is 14.3 Å². The van der Waals surface area contributed by atoms with Crippen molar-refractivity contribution in [1.29, 1.82) is 0 Å². The molecule has 1 rings (SSSR count). The van der Waals surface area contributed by atoms with Gasteiger partial charge in [0.2, 0.25) is 0 Å². The standard InChI is InChI=1S/C13H22O3/c1-12(2)8-5-9-13(12,3)10(14)6-7-11(15)16-4/h5-9H2,1-4H3. The zero-order valence-electron chi connectivity index (χ0n) is 10.8. The van der Waals surface area contributed by atoms with Gasteiger partial charge in [-0.1, -0.05) is 27.2 Å². The average Bonchev–Trinajstić information content (AvgIpc) is 2.50. The second-order valence-corrected chi connectivity index (χ2v) is 5.57. The van der Waals surface area contributed by atoms with Gasteiger partial charge in [-0.15, -0.1) is 0 Å². The van der Waals surface area contributed by atoms with E-state index < -0.39 is 0 Å². The van der Waals surface area contributed by atoms with Crippen LogP contribution < -0.4 is 0 Å². The van der Waals surface area contributed by atoms with E-state index >= 15 is 0 Å². The summed E-state index contributed by atoms with van der Waals surface area (Å²) >= 11 is 0. The molecular weight excluding hydrogens is 204 g/mol. The third-order valence-electron chi connectivity index (χ3n) is 4.37. The molecule has 0 heterocycles. The highest BCUT2D eigenvalue weighted by Crippen LogP contribution is 2.53. The Morgan fingerprint density at radius 2 is 1.75 bits per heavy atom. The first-order valence-corrected chi connectivity index (χ1v) is 5.93. The Morgan fingerprint density at radius 1 is 1.12 bits per heavy atom. The van der Waals surface area contributed by atoms with Crippen LogP contribution in [-0.4, -0.2) is 18.9 Å². The van der Waals surface area contributed by atoms with Crippen molar-refractivity contribution in [3.63, 3.8) is 0 Å². The number of carbonyl (C=O) groups excluding carboxylic acids is 2. The van der Waals surface area contributed by atoms with E-state index in [0.29, 0.717) is 6.42 Å². The van der Waals surface area contributed by atoms with Crippen molar-refractivity contribution in [1.82, 2.24) is 0 Å². The van der Waals surface area contributed by atoms with Crippen LogP contribution >= 0.6 is 0 Å². The highest BCUT2D eigenvalue weighted by molar-refractivity contribution is 5.88. The predicted molar refractivity (Wildman–Crippen MR) is 62.0 cm³/mol. The van der Waals surface area contributed by atoms with Gasteiger partial charge in [-0.05, 0) is 18.3 Å². The van der Waals surface area contributed by atoms with Gasteiger partial charge >= 0.3 is 5.97 Å². The summed E-state index contributed by atoms with van der Waals surface area (Å²) in [5.41, 5.74) is -0.207. The van der Waals surface area contributed by atoms with Gasteiger partial charge in [0.05, 0.1) is 13.5 Å². The molecule has 0 amide bonds. The maximum atomic E-state index is 12.2. The van der Waals surface area contributed by atoms with Crippen LogP contribution in [0.25, 0.3) is 0 Å². The number of rotatable bonds is 4. The van der Waals surface area contributed by atoms with Gasteiger partial charge < -0.3 is 4.74 Å². The number of ether oxygens (including phenoxy) is 1. The smallest absolute Gasteiger partial charge is 0.305 e. The second kappa shape index (κ2) is 4.56. The highest BCUT2D eigenvalue weighted by Gasteiger charge is 2.49. The lowest BCUT2D eigenvalue weighted by Crippen LogP contribution is -2.37. The molecule has 92 valence electrons. The third-order valence-corrected chi connectivity index (χ3v) is 4.37. The Bertz CT molecular complexity index is 294. The van der Waals surface area contributed by atoms with Crippen molar-refractivity contribution in [2.24, 2.45) is 10.8 Å². The summed E-state index contributed by atoms with van der Waals surface area (Å²) in [5, 5.41) is 0. The van der Waals surface area contributed by atoms with Gasteiger partial charge in [0.15, 0.2) is 0 Å². The van der Waals surface area contributed by atoms with E-state index in [1.807, 2.05) is 6.92 Å². The molecule has 1 aliphatic rings. The fraction of sp³-hybridized carbons (Fsp3) is 0.846. The van der Waals surface area contributed by atoms with Crippen molar-refractivity contribution in [3.8, 4) is 0 Å². The lowest BCUT2D eigenvalue weighted by Gasteiger charge is -2.37. The first kappa shape index (κ1) is 13.2. The molecule has 3 nitrogen and oxygen atoms in total.